The summed E-state index contributed by atoms with van der Waals surface area (Å²) in [4.78, 5) is 26.7. The van der Waals surface area contributed by atoms with Crippen LogP contribution in [0.2, 0.25) is 0 Å². The quantitative estimate of drug-likeness (QED) is 0.256. The number of benzene rings is 3. The fraction of sp³-hybridized carbons (Fsp3) is 0.107. The minimum Gasteiger partial charge on any atom is -0.462 e. The van der Waals surface area contributed by atoms with Crippen molar-refractivity contribution in [3.05, 3.63) is 107 Å². The monoisotopic (exact) mass is 434 g/mol. The van der Waals surface area contributed by atoms with Crippen LogP contribution in [0.15, 0.2) is 84.9 Å². The molecular formula is C28H22N2O3. The Kier molecular flexibility index (Phi) is 5.23. The number of ether oxygens (including phenoxy) is 1. The maximum absolute atomic E-state index is 13.5. The largest absolute Gasteiger partial charge is 0.462 e. The molecule has 5 heteroatoms. The van der Waals surface area contributed by atoms with Crippen LogP contribution >= 0.6 is 0 Å². The average Bonchev–Trinajstić information content (AvgIpc) is 3.25. The van der Waals surface area contributed by atoms with Crippen molar-refractivity contribution in [2.45, 2.75) is 13.8 Å². The summed E-state index contributed by atoms with van der Waals surface area (Å²) in [6.07, 6.45) is 0. The Morgan fingerprint density at radius 2 is 1.61 bits per heavy atom. The number of fused-ring (bicyclic) bond motifs is 3. The minimum absolute atomic E-state index is 0.0887. The zero-order chi connectivity index (χ0) is 22.9. The zero-order valence-electron chi connectivity index (χ0n) is 18.4. The van der Waals surface area contributed by atoms with Gasteiger partial charge in [-0.1, -0.05) is 78.4 Å². The normalized spacial score (nSPS) is 11.1. The molecule has 0 aliphatic carbocycles. The lowest BCUT2D eigenvalue weighted by molar-refractivity contribution is 0.0526. The molecular weight excluding hydrogens is 412 g/mol. The van der Waals surface area contributed by atoms with Gasteiger partial charge in [0.15, 0.2) is 0 Å². The van der Waals surface area contributed by atoms with Gasteiger partial charge in [0.1, 0.15) is 11.3 Å². The molecule has 5 aromatic rings. The fourth-order valence-corrected chi connectivity index (χ4v) is 4.15. The molecule has 0 spiro atoms. The molecule has 0 atom stereocenters. The first-order valence-corrected chi connectivity index (χ1v) is 10.9. The molecule has 0 unspecified atom stereocenters. The molecule has 3 aromatic carbocycles. The topological polar surface area (TPSA) is 60.7 Å². The SMILES string of the molecule is CCOC(=O)c1c(C(=O)c2ccccc2)nn2c(-c3ccccc3)cc3ccc(C)cc3c12. The molecule has 2 heterocycles. The molecule has 0 saturated carbocycles. The van der Waals surface area contributed by atoms with Crippen molar-refractivity contribution < 1.29 is 14.3 Å². The second kappa shape index (κ2) is 8.36. The molecule has 0 aliphatic rings. The predicted molar refractivity (Wildman–Crippen MR) is 129 cm³/mol. The number of rotatable bonds is 5. The van der Waals surface area contributed by atoms with Gasteiger partial charge in [-0.3, -0.25) is 4.79 Å². The first-order chi connectivity index (χ1) is 16.1. The Hall–Kier alpha value is -4.25. The van der Waals surface area contributed by atoms with E-state index in [0.717, 1.165) is 27.6 Å². The third kappa shape index (κ3) is 3.57. The van der Waals surface area contributed by atoms with Crippen LogP contribution in [0, 0.1) is 6.92 Å². The van der Waals surface area contributed by atoms with Gasteiger partial charge >= 0.3 is 5.97 Å². The van der Waals surface area contributed by atoms with Crippen molar-refractivity contribution in [3.8, 4) is 11.3 Å². The predicted octanol–water partition coefficient (Wildman–Crippen LogP) is 5.87. The van der Waals surface area contributed by atoms with Crippen LogP contribution in [0.5, 0.6) is 0 Å². The molecule has 0 aliphatic heterocycles. The van der Waals surface area contributed by atoms with Crippen LogP contribution in [0.25, 0.3) is 27.5 Å². The van der Waals surface area contributed by atoms with Crippen LogP contribution in [0.1, 0.15) is 38.9 Å². The van der Waals surface area contributed by atoms with E-state index < -0.39 is 5.97 Å². The van der Waals surface area contributed by atoms with Crippen LogP contribution in [0.3, 0.4) is 0 Å². The second-order valence-corrected chi connectivity index (χ2v) is 7.89. The van der Waals surface area contributed by atoms with Crippen molar-refractivity contribution in [1.29, 1.82) is 0 Å². The van der Waals surface area contributed by atoms with E-state index >= 15 is 0 Å². The Morgan fingerprint density at radius 3 is 2.30 bits per heavy atom. The number of hydrogen-bond acceptors (Lipinski definition) is 4. The van der Waals surface area contributed by atoms with Crippen molar-refractivity contribution in [1.82, 2.24) is 9.61 Å². The fourth-order valence-electron chi connectivity index (χ4n) is 4.15. The lowest BCUT2D eigenvalue weighted by Gasteiger charge is -2.10. The highest BCUT2D eigenvalue weighted by molar-refractivity contribution is 6.19. The standard InChI is InChI=1S/C28H22N2O3/c1-3-33-28(32)24-25(27(31)20-12-8-5-9-13-20)29-30-23(19-10-6-4-7-11-19)17-21-15-14-18(2)16-22(21)26(24)30/h4-17H,3H2,1-2H3. The summed E-state index contributed by atoms with van der Waals surface area (Å²) in [5, 5.41) is 6.51. The van der Waals surface area contributed by atoms with E-state index in [9.17, 15) is 9.59 Å². The highest BCUT2D eigenvalue weighted by atomic mass is 16.5. The van der Waals surface area contributed by atoms with Crippen molar-refractivity contribution in [3.63, 3.8) is 0 Å². The second-order valence-electron chi connectivity index (χ2n) is 7.89. The van der Waals surface area contributed by atoms with Crippen LogP contribution < -0.4 is 0 Å². The van der Waals surface area contributed by atoms with Crippen LogP contribution in [-0.4, -0.2) is 28.0 Å². The summed E-state index contributed by atoms with van der Waals surface area (Å²) in [7, 11) is 0. The Labute approximate surface area is 191 Å². The van der Waals surface area contributed by atoms with Gasteiger partial charge in [0.05, 0.1) is 17.8 Å². The van der Waals surface area contributed by atoms with Crippen molar-refractivity contribution >= 4 is 28.0 Å². The average molecular weight is 434 g/mol. The van der Waals surface area contributed by atoms with Crippen LogP contribution in [0.4, 0.5) is 0 Å². The highest BCUT2D eigenvalue weighted by Crippen LogP contribution is 2.33. The Bertz CT molecular complexity index is 1500. The number of aryl methyl sites for hydroxylation is 1. The lowest BCUT2D eigenvalue weighted by atomic mass is 10.00. The number of pyridine rings is 1. The smallest absolute Gasteiger partial charge is 0.342 e. The third-order valence-electron chi connectivity index (χ3n) is 5.67. The molecule has 2 aromatic heterocycles. The molecule has 5 nitrogen and oxygen atoms in total. The van der Waals surface area contributed by atoms with E-state index in [1.54, 1.807) is 35.7 Å². The maximum Gasteiger partial charge on any atom is 0.342 e. The van der Waals surface area contributed by atoms with E-state index in [2.05, 4.69) is 0 Å². The first kappa shape index (κ1) is 20.6. The van der Waals surface area contributed by atoms with E-state index in [1.165, 1.54) is 0 Å². The Morgan fingerprint density at radius 1 is 0.909 bits per heavy atom. The first-order valence-electron chi connectivity index (χ1n) is 10.9. The number of hydrogen-bond donors (Lipinski definition) is 0. The van der Waals surface area contributed by atoms with Gasteiger partial charge in [-0.25, -0.2) is 9.31 Å². The molecule has 5 rings (SSSR count). The van der Waals surface area contributed by atoms with Gasteiger partial charge in [-0.05, 0) is 31.4 Å². The van der Waals surface area contributed by atoms with Gasteiger partial charge < -0.3 is 4.74 Å². The van der Waals surface area contributed by atoms with Crippen LogP contribution in [-0.2, 0) is 4.74 Å². The summed E-state index contributed by atoms with van der Waals surface area (Å²) < 4.78 is 7.11. The number of carbonyl (C=O) groups excluding carboxylic acids is 2. The number of carbonyl (C=O) groups is 2. The molecule has 0 amide bonds. The van der Waals surface area contributed by atoms with Gasteiger partial charge in [0.2, 0.25) is 5.78 Å². The number of esters is 1. The highest BCUT2D eigenvalue weighted by Gasteiger charge is 2.29. The van der Waals surface area contributed by atoms with E-state index in [0.29, 0.717) is 11.1 Å². The minimum atomic E-state index is -0.556. The van der Waals surface area contributed by atoms with Gasteiger partial charge in [0, 0.05) is 16.5 Å². The van der Waals surface area contributed by atoms with Gasteiger partial charge in [0.25, 0.3) is 0 Å². The summed E-state index contributed by atoms with van der Waals surface area (Å²) in [6.45, 7) is 3.95. The van der Waals surface area contributed by atoms with Gasteiger partial charge in [-0.15, -0.1) is 0 Å². The van der Waals surface area contributed by atoms with Crippen molar-refractivity contribution in [2.75, 3.05) is 6.61 Å². The maximum atomic E-state index is 13.5. The summed E-state index contributed by atoms with van der Waals surface area (Å²) >= 11 is 0. The molecule has 33 heavy (non-hydrogen) atoms. The molecule has 0 radical (unpaired) electrons. The molecule has 0 saturated heterocycles. The molecule has 0 bridgehead atoms. The molecule has 0 N–H and O–H groups in total. The third-order valence-corrected chi connectivity index (χ3v) is 5.67. The summed E-state index contributed by atoms with van der Waals surface area (Å²) in [5.74, 6) is -0.873. The number of ketones is 1. The Balaban J connectivity index is 1.92. The van der Waals surface area contributed by atoms with E-state index in [1.807, 2.05) is 67.6 Å². The van der Waals surface area contributed by atoms with Gasteiger partial charge in [-0.2, -0.15) is 5.10 Å². The van der Waals surface area contributed by atoms with E-state index in [-0.39, 0.29) is 23.6 Å². The molecule has 0 fully saturated rings. The number of aromatic nitrogens is 2. The number of nitrogens with zero attached hydrogens (tertiary/aromatic N) is 2. The summed E-state index contributed by atoms with van der Waals surface area (Å²) in [5.41, 5.74) is 4.09. The summed E-state index contributed by atoms with van der Waals surface area (Å²) in [6, 6.07) is 26.8. The lowest BCUT2D eigenvalue weighted by Crippen LogP contribution is -2.12. The molecule has 162 valence electrons. The zero-order valence-corrected chi connectivity index (χ0v) is 18.4. The van der Waals surface area contributed by atoms with Crippen molar-refractivity contribution in [2.24, 2.45) is 0 Å². The van der Waals surface area contributed by atoms with E-state index in [4.69, 9.17) is 9.84 Å².